The lowest BCUT2D eigenvalue weighted by Gasteiger charge is -2.32. The van der Waals surface area contributed by atoms with Crippen LogP contribution in [0.25, 0.3) is 0 Å². The number of amides is 1. The van der Waals surface area contributed by atoms with Crippen LogP contribution in [0, 0.1) is 11.8 Å². The molecule has 0 aromatic carbocycles. The average Bonchev–Trinajstić information content (AvgIpc) is 3.13. The van der Waals surface area contributed by atoms with Crippen molar-refractivity contribution in [3.05, 3.63) is 12.7 Å². The molecule has 90 valence electrons. The normalized spacial score (nSPS) is 22.1. The molecule has 1 saturated heterocycles. The van der Waals surface area contributed by atoms with Crippen LogP contribution in [0.5, 0.6) is 0 Å². The molecule has 16 heavy (non-hydrogen) atoms. The predicted octanol–water partition coefficient (Wildman–Crippen LogP) is 1.84. The summed E-state index contributed by atoms with van der Waals surface area (Å²) in [5, 5.41) is 0. The van der Waals surface area contributed by atoms with Crippen molar-refractivity contribution in [1.29, 1.82) is 0 Å². The Labute approximate surface area is 97.5 Å². The molecule has 1 saturated carbocycles. The Bertz CT molecular complexity index is 253. The molecular formula is C13H21NO2. The van der Waals surface area contributed by atoms with Gasteiger partial charge in [0, 0.05) is 25.6 Å². The predicted molar refractivity (Wildman–Crippen MR) is 63.0 cm³/mol. The van der Waals surface area contributed by atoms with Crippen molar-refractivity contribution in [2.45, 2.75) is 25.7 Å². The summed E-state index contributed by atoms with van der Waals surface area (Å²) in [5.41, 5.74) is 0. The van der Waals surface area contributed by atoms with Gasteiger partial charge in [-0.05, 0) is 31.6 Å². The number of ether oxygens (including phenoxy) is 1. The topological polar surface area (TPSA) is 29.5 Å². The molecule has 0 spiro atoms. The minimum absolute atomic E-state index is 0.369. The summed E-state index contributed by atoms with van der Waals surface area (Å²) in [6.45, 7) is 6.94. The number of rotatable bonds is 5. The number of hydrogen-bond donors (Lipinski definition) is 0. The fourth-order valence-electron chi connectivity index (χ4n) is 2.23. The van der Waals surface area contributed by atoms with Gasteiger partial charge in [0.1, 0.15) is 0 Å². The van der Waals surface area contributed by atoms with E-state index < -0.39 is 0 Å². The average molecular weight is 223 g/mol. The Morgan fingerprint density at radius 1 is 1.31 bits per heavy atom. The van der Waals surface area contributed by atoms with Crippen molar-refractivity contribution in [3.63, 3.8) is 0 Å². The fourth-order valence-corrected chi connectivity index (χ4v) is 2.23. The molecule has 0 radical (unpaired) electrons. The van der Waals surface area contributed by atoms with Crippen molar-refractivity contribution in [2.75, 3.05) is 26.3 Å². The van der Waals surface area contributed by atoms with Crippen LogP contribution in [0.3, 0.4) is 0 Å². The number of carbonyl (C=O) groups excluding carboxylic acids is 1. The summed E-state index contributed by atoms with van der Waals surface area (Å²) >= 11 is 0. The van der Waals surface area contributed by atoms with Crippen molar-refractivity contribution >= 4 is 5.91 Å². The quantitative estimate of drug-likeness (QED) is 0.526. The van der Waals surface area contributed by atoms with Crippen LogP contribution in [-0.2, 0) is 9.53 Å². The third-order valence-corrected chi connectivity index (χ3v) is 3.44. The zero-order valence-electron chi connectivity index (χ0n) is 9.86. The van der Waals surface area contributed by atoms with E-state index in [9.17, 15) is 4.79 Å². The van der Waals surface area contributed by atoms with E-state index in [1.165, 1.54) is 0 Å². The lowest BCUT2D eigenvalue weighted by molar-refractivity contribution is -0.134. The highest BCUT2D eigenvalue weighted by Crippen LogP contribution is 2.32. The molecule has 1 aliphatic heterocycles. The van der Waals surface area contributed by atoms with Gasteiger partial charge in [-0.25, -0.2) is 0 Å². The first kappa shape index (κ1) is 11.6. The van der Waals surface area contributed by atoms with Gasteiger partial charge in [0.2, 0.25) is 5.91 Å². The summed E-state index contributed by atoms with van der Waals surface area (Å²) in [5.74, 6) is 1.39. The molecule has 2 rings (SSSR count). The third-order valence-electron chi connectivity index (χ3n) is 3.44. The SMILES string of the molecule is C=CCOCC1CCN(C(=O)C2CC2)CC1. The van der Waals surface area contributed by atoms with Gasteiger partial charge in [-0.3, -0.25) is 4.79 Å². The van der Waals surface area contributed by atoms with Crippen LogP contribution in [0.1, 0.15) is 25.7 Å². The molecule has 2 aliphatic rings. The number of hydrogen-bond acceptors (Lipinski definition) is 2. The molecule has 3 nitrogen and oxygen atoms in total. The first-order valence-electron chi connectivity index (χ1n) is 6.28. The summed E-state index contributed by atoms with van der Waals surface area (Å²) in [7, 11) is 0. The minimum Gasteiger partial charge on any atom is -0.377 e. The van der Waals surface area contributed by atoms with Crippen LogP contribution < -0.4 is 0 Å². The van der Waals surface area contributed by atoms with Crippen molar-refractivity contribution in [3.8, 4) is 0 Å². The van der Waals surface area contributed by atoms with E-state index in [0.29, 0.717) is 24.3 Å². The molecule has 1 amide bonds. The van der Waals surface area contributed by atoms with E-state index in [4.69, 9.17) is 4.74 Å². The van der Waals surface area contributed by atoms with Gasteiger partial charge in [0.25, 0.3) is 0 Å². The number of nitrogens with zero attached hydrogens (tertiary/aromatic N) is 1. The summed E-state index contributed by atoms with van der Waals surface area (Å²) in [6, 6.07) is 0. The smallest absolute Gasteiger partial charge is 0.225 e. The molecule has 0 aromatic heterocycles. The zero-order chi connectivity index (χ0) is 11.4. The number of carbonyl (C=O) groups is 1. The van der Waals surface area contributed by atoms with E-state index in [0.717, 1.165) is 45.4 Å². The Morgan fingerprint density at radius 2 is 2.00 bits per heavy atom. The number of piperidine rings is 1. The standard InChI is InChI=1S/C13H21NO2/c1-2-9-16-10-11-5-7-14(8-6-11)13(15)12-3-4-12/h2,11-12H,1,3-10H2. The Kier molecular flexibility index (Phi) is 3.99. The van der Waals surface area contributed by atoms with Crippen LogP contribution in [0.15, 0.2) is 12.7 Å². The van der Waals surface area contributed by atoms with Crippen molar-refractivity contribution in [2.24, 2.45) is 11.8 Å². The zero-order valence-corrected chi connectivity index (χ0v) is 9.86. The van der Waals surface area contributed by atoms with Gasteiger partial charge < -0.3 is 9.64 Å². The van der Waals surface area contributed by atoms with Crippen molar-refractivity contribution < 1.29 is 9.53 Å². The maximum atomic E-state index is 11.8. The second-order valence-corrected chi connectivity index (χ2v) is 4.87. The second kappa shape index (κ2) is 5.48. The van der Waals surface area contributed by atoms with Gasteiger partial charge in [-0.1, -0.05) is 6.08 Å². The summed E-state index contributed by atoms with van der Waals surface area (Å²) in [4.78, 5) is 13.9. The highest BCUT2D eigenvalue weighted by Gasteiger charge is 2.34. The highest BCUT2D eigenvalue weighted by atomic mass is 16.5. The lowest BCUT2D eigenvalue weighted by Crippen LogP contribution is -2.40. The molecule has 0 atom stereocenters. The minimum atomic E-state index is 0.369. The van der Waals surface area contributed by atoms with E-state index >= 15 is 0 Å². The van der Waals surface area contributed by atoms with Crippen LogP contribution in [-0.4, -0.2) is 37.1 Å². The van der Waals surface area contributed by atoms with Crippen LogP contribution in [0.4, 0.5) is 0 Å². The van der Waals surface area contributed by atoms with Gasteiger partial charge >= 0.3 is 0 Å². The van der Waals surface area contributed by atoms with E-state index in [1.54, 1.807) is 6.08 Å². The maximum Gasteiger partial charge on any atom is 0.225 e. The van der Waals surface area contributed by atoms with Crippen LogP contribution >= 0.6 is 0 Å². The first-order chi connectivity index (χ1) is 7.81. The molecule has 0 N–H and O–H groups in total. The van der Waals surface area contributed by atoms with Gasteiger partial charge in [0.15, 0.2) is 0 Å². The molecular weight excluding hydrogens is 202 g/mol. The molecule has 0 unspecified atom stereocenters. The van der Waals surface area contributed by atoms with Crippen molar-refractivity contribution in [1.82, 2.24) is 4.90 Å². The molecule has 2 fully saturated rings. The monoisotopic (exact) mass is 223 g/mol. The molecule has 1 heterocycles. The van der Waals surface area contributed by atoms with E-state index in [1.807, 2.05) is 4.90 Å². The van der Waals surface area contributed by atoms with Gasteiger partial charge in [0.05, 0.1) is 6.61 Å². The summed E-state index contributed by atoms with van der Waals surface area (Å²) < 4.78 is 5.46. The Hall–Kier alpha value is -0.830. The molecule has 3 heteroatoms. The Morgan fingerprint density at radius 3 is 2.56 bits per heavy atom. The number of likely N-dealkylation sites (tertiary alicyclic amines) is 1. The van der Waals surface area contributed by atoms with Gasteiger partial charge in [-0.15, -0.1) is 6.58 Å². The van der Waals surface area contributed by atoms with Crippen LogP contribution in [0.2, 0.25) is 0 Å². The Balaban J connectivity index is 1.65. The molecule has 0 aromatic rings. The van der Waals surface area contributed by atoms with Gasteiger partial charge in [-0.2, -0.15) is 0 Å². The first-order valence-corrected chi connectivity index (χ1v) is 6.28. The second-order valence-electron chi connectivity index (χ2n) is 4.87. The van der Waals surface area contributed by atoms with E-state index in [-0.39, 0.29) is 0 Å². The third kappa shape index (κ3) is 3.08. The molecule has 0 bridgehead atoms. The molecule has 1 aliphatic carbocycles. The fraction of sp³-hybridized carbons (Fsp3) is 0.769. The maximum absolute atomic E-state index is 11.8. The highest BCUT2D eigenvalue weighted by molar-refractivity contribution is 5.81. The largest absolute Gasteiger partial charge is 0.377 e. The summed E-state index contributed by atoms with van der Waals surface area (Å²) in [6.07, 6.45) is 6.19. The van der Waals surface area contributed by atoms with E-state index in [2.05, 4.69) is 6.58 Å². The lowest BCUT2D eigenvalue weighted by atomic mass is 9.97.